The molecule has 0 aliphatic heterocycles. The van der Waals surface area contributed by atoms with E-state index in [0.29, 0.717) is 5.56 Å². The largest absolute Gasteiger partial charge is 0.277 e. The van der Waals surface area contributed by atoms with E-state index in [4.69, 9.17) is 9.98 Å². The zero-order chi connectivity index (χ0) is 36.1. The third-order valence-electron chi connectivity index (χ3n) is 9.02. The fraction of sp³-hybridized carbons (Fsp3) is 0.302. The number of aryl methyl sites for hydroxylation is 1. The molecule has 7 heteroatoms. The van der Waals surface area contributed by atoms with E-state index in [-0.39, 0.29) is 34.3 Å². The number of nitrogens with zero attached hydrogens (tertiary/aromatic N) is 5. The van der Waals surface area contributed by atoms with Gasteiger partial charge in [-0.1, -0.05) is 73.6 Å². The normalized spacial score (nSPS) is 12.0. The Hall–Kier alpha value is -5.30. The van der Waals surface area contributed by atoms with Crippen molar-refractivity contribution < 1.29 is 4.92 Å². The van der Waals surface area contributed by atoms with Gasteiger partial charge in [0.15, 0.2) is 0 Å². The van der Waals surface area contributed by atoms with Gasteiger partial charge in [0.2, 0.25) is 0 Å². The Kier molecular flexibility index (Phi) is 11.2. The van der Waals surface area contributed by atoms with Crippen molar-refractivity contribution in [3.63, 3.8) is 0 Å². The van der Waals surface area contributed by atoms with Gasteiger partial charge in [-0.15, -0.1) is 0 Å². The molecule has 7 nitrogen and oxygen atoms in total. The Morgan fingerprint density at radius 3 is 1.34 bits per heavy atom. The van der Waals surface area contributed by atoms with Crippen molar-refractivity contribution in [2.24, 2.45) is 9.98 Å². The molecule has 50 heavy (non-hydrogen) atoms. The number of aromatic nitrogens is 2. The number of benzene rings is 3. The highest BCUT2D eigenvalue weighted by atomic mass is 16.6. The molecule has 0 aliphatic carbocycles. The molecule has 0 spiro atoms. The first kappa shape index (κ1) is 36.0. The van der Waals surface area contributed by atoms with Crippen molar-refractivity contribution in [3.8, 4) is 22.3 Å². The molecule has 256 valence electrons. The van der Waals surface area contributed by atoms with E-state index >= 15 is 0 Å². The third-order valence-corrected chi connectivity index (χ3v) is 9.02. The van der Waals surface area contributed by atoms with Gasteiger partial charge in [-0.2, -0.15) is 0 Å². The number of nitro benzene ring substituents is 1. The van der Waals surface area contributed by atoms with E-state index in [9.17, 15) is 10.1 Å². The van der Waals surface area contributed by atoms with Gasteiger partial charge in [-0.25, -0.2) is 0 Å². The highest BCUT2D eigenvalue weighted by molar-refractivity contribution is 5.94. The number of nitro groups is 1. The quantitative estimate of drug-likeness (QED) is 0.0797. The van der Waals surface area contributed by atoms with Crippen LogP contribution in [-0.2, 0) is 0 Å². The summed E-state index contributed by atoms with van der Waals surface area (Å²) in [6.45, 7) is 19.3. The van der Waals surface area contributed by atoms with Gasteiger partial charge in [0.05, 0.1) is 45.7 Å². The maximum atomic E-state index is 12.8. The number of aliphatic imine (C=N–C) groups is 2. The van der Waals surface area contributed by atoms with Crippen LogP contribution in [0.5, 0.6) is 0 Å². The summed E-state index contributed by atoms with van der Waals surface area (Å²) >= 11 is 0. The smallest absolute Gasteiger partial charge is 0.258 e. The van der Waals surface area contributed by atoms with Crippen molar-refractivity contribution in [3.05, 3.63) is 135 Å². The molecule has 0 radical (unpaired) electrons. The van der Waals surface area contributed by atoms with Crippen LogP contribution < -0.4 is 0 Å². The molecule has 0 aliphatic rings. The lowest BCUT2D eigenvalue weighted by atomic mass is 9.82. The molecule has 0 saturated carbocycles. The molecular formula is C43H47N5O2. The van der Waals surface area contributed by atoms with Crippen LogP contribution in [0.15, 0.2) is 95.2 Å². The molecule has 5 aromatic rings. The van der Waals surface area contributed by atoms with E-state index in [2.05, 4.69) is 89.6 Å². The van der Waals surface area contributed by atoms with Gasteiger partial charge < -0.3 is 0 Å². The van der Waals surface area contributed by atoms with Gasteiger partial charge in [0.1, 0.15) is 0 Å². The predicted octanol–water partition coefficient (Wildman–Crippen LogP) is 12.0. The second-order valence-electron chi connectivity index (χ2n) is 14.1. The van der Waals surface area contributed by atoms with Gasteiger partial charge in [0.25, 0.3) is 5.69 Å². The lowest BCUT2D eigenvalue weighted by Crippen LogP contribution is -2.03. The van der Waals surface area contributed by atoms with Crippen molar-refractivity contribution in [2.45, 2.75) is 86.0 Å². The molecule has 0 amide bonds. The van der Waals surface area contributed by atoms with Crippen molar-refractivity contribution >= 4 is 29.5 Å². The van der Waals surface area contributed by atoms with Crippen LogP contribution in [0.2, 0.25) is 0 Å². The Morgan fingerprint density at radius 1 is 0.600 bits per heavy atom. The predicted molar refractivity (Wildman–Crippen MR) is 208 cm³/mol. The fourth-order valence-electron chi connectivity index (χ4n) is 6.39. The average molecular weight is 666 g/mol. The highest BCUT2D eigenvalue weighted by Crippen LogP contribution is 2.48. The van der Waals surface area contributed by atoms with E-state index in [1.807, 2.05) is 55.6 Å². The van der Waals surface area contributed by atoms with Crippen LogP contribution in [0, 0.1) is 17.0 Å². The van der Waals surface area contributed by atoms with Crippen molar-refractivity contribution in [1.29, 1.82) is 0 Å². The molecule has 0 N–H and O–H groups in total. The molecule has 3 aromatic carbocycles. The Morgan fingerprint density at radius 2 is 1.00 bits per heavy atom. The third kappa shape index (κ3) is 7.78. The van der Waals surface area contributed by atoms with Gasteiger partial charge in [-0.3, -0.25) is 30.1 Å². The minimum absolute atomic E-state index is 0.0780. The zero-order valence-corrected chi connectivity index (χ0v) is 30.6. The maximum Gasteiger partial charge on any atom is 0.277 e. The summed E-state index contributed by atoms with van der Waals surface area (Å²) in [5, 5.41) is 12.8. The number of rotatable bonds is 11. The highest BCUT2D eigenvalue weighted by Gasteiger charge is 2.27. The van der Waals surface area contributed by atoms with E-state index in [1.165, 1.54) is 0 Å². The van der Waals surface area contributed by atoms with Crippen molar-refractivity contribution in [2.75, 3.05) is 0 Å². The van der Waals surface area contributed by atoms with Crippen LogP contribution in [0.3, 0.4) is 0 Å². The lowest BCUT2D eigenvalue weighted by Gasteiger charge is -2.23. The monoisotopic (exact) mass is 665 g/mol. The van der Waals surface area contributed by atoms with Crippen LogP contribution in [0.25, 0.3) is 22.3 Å². The molecule has 5 rings (SSSR count). The number of pyridine rings is 2. The van der Waals surface area contributed by atoms with Gasteiger partial charge >= 0.3 is 0 Å². The molecule has 0 fully saturated rings. The van der Waals surface area contributed by atoms with Crippen LogP contribution in [0.1, 0.15) is 118 Å². The fourth-order valence-corrected chi connectivity index (χ4v) is 6.39. The van der Waals surface area contributed by atoms with Gasteiger partial charge in [-0.05, 0) is 124 Å². The minimum Gasteiger partial charge on any atom is -0.258 e. The molecule has 0 bridgehead atoms. The molecule has 2 heterocycles. The minimum atomic E-state index is -0.256. The first-order valence-corrected chi connectivity index (χ1v) is 17.4. The average Bonchev–Trinajstić information content (AvgIpc) is 3.09. The zero-order valence-electron chi connectivity index (χ0n) is 30.6. The Labute approximate surface area is 296 Å². The summed E-state index contributed by atoms with van der Waals surface area (Å²) in [6, 6.07) is 23.6. The Balaban J connectivity index is 1.81. The molecule has 2 aromatic heterocycles. The second kappa shape index (κ2) is 15.5. The Bertz CT molecular complexity index is 1990. The lowest BCUT2D eigenvalue weighted by molar-refractivity contribution is -0.384. The maximum absolute atomic E-state index is 12.8. The second-order valence-corrected chi connectivity index (χ2v) is 14.1. The SMILES string of the molecule is Cc1ccc([N+](=O)[O-])c(-c2cc(C(C)C)c(/N=C/c3ccccn3)c(C(C)C)c2)c1-c1cc(C(C)C)c(/N=C/c2ccccn2)c(C(C)C)c1. The van der Waals surface area contributed by atoms with E-state index in [0.717, 1.165) is 67.3 Å². The van der Waals surface area contributed by atoms with Gasteiger partial charge in [0, 0.05) is 18.5 Å². The summed E-state index contributed by atoms with van der Waals surface area (Å²) in [5.74, 6) is 0.545. The number of hydrogen-bond donors (Lipinski definition) is 0. The summed E-state index contributed by atoms with van der Waals surface area (Å²) in [5.41, 5.74) is 11.9. The van der Waals surface area contributed by atoms with Crippen molar-refractivity contribution in [1.82, 2.24) is 9.97 Å². The van der Waals surface area contributed by atoms with E-state index < -0.39 is 0 Å². The molecule has 0 unspecified atom stereocenters. The molecule has 0 atom stereocenters. The van der Waals surface area contributed by atoms with Crippen LogP contribution >= 0.6 is 0 Å². The number of hydrogen-bond acceptors (Lipinski definition) is 6. The van der Waals surface area contributed by atoms with Crippen LogP contribution in [-0.4, -0.2) is 27.3 Å². The standard InChI is InChI=1S/C43H47N5O2/c1-26(2)35-20-31(21-36(27(3)4)42(35)46-24-33-14-10-12-18-44-33)40-30(9)16-17-39(48(49)50)41(40)32-22-37(28(5)6)43(38(23-32)29(7)8)47-25-34-15-11-13-19-45-34/h10-29H,1-9H3/b46-24+,47-25+. The van der Waals surface area contributed by atoms with E-state index in [1.54, 1.807) is 24.7 Å². The summed E-state index contributed by atoms with van der Waals surface area (Å²) in [4.78, 5) is 31.4. The summed E-state index contributed by atoms with van der Waals surface area (Å²) < 4.78 is 0. The summed E-state index contributed by atoms with van der Waals surface area (Å²) in [6.07, 6.45) is 7.13. The molecule has 0 saturated heterocycles. The summed E-state index contributed by atoms with van der Waals surface area (Å²) in [7, 11) is 0. The van der Waals surface area contributed by atoms with Crippen LogP contribution in [0.4, 0.5) is 17.1 Å². The topological polar surface area (TPSA) is 93.6 Å². The molecular weight excluding hydrogens is 619 g/mol. The first-order valence-electron chi connectivity index (χ1n) is 17.4. The first-order chi connectivity index (χ1) is 23.9.